The number of esters is 1. The minimum atomic E-state index is -1.53. The third-order valence-corrected chi connectivity index (χ3v) is 15.2. The standard InChI is InChI=1S/C42H63NO8/c1-22-7-12-33(43-20-22)25(4)30-10-11-31-29-9-8-27-19-28(13-15-41(27,5)32(29)14-16-42(30,31)6)49-39(48)26-17-23(2)38(24(3)18-26)51-40-37(47)36(46)35(45)34(21-44)50-40/h8,17-18,22,25,28-37,40,43-47H,7,9-16,19-21H2,1-6H3/t22-,25-,28-,29-,30+,31-,32-,33+,34+,35+,36-,37+,40-,41-,42+/m0/s1. The first kappa shape index (κ1) is 37.3. The van der Waals surface area contributed by atoms with Crippen LogP contribution < -0.4 is 10.1 Å². The van der Waals surface area contributed by atoms with Gasteiger partial charge in [-0.3, -0.25) is 0 Å². The summed E-state index contributed by atoms with van der Waals surface area (Å²) < 4.78 is 17.7. The molecule has 0 spiro atoms. The molecule has 5 N–H and O–H groups in total. The van der Waals surface area contributed by atoms with Crippen LogP contribution in [0.25, 0.3) is 0 Å². The summed E-state index contributed by atoms with van der Waals surface area (Å²) in [6.07, 6.45) is 7.48. The molecule has 2 heterocycles. The minimum absolute atomic E-state index is 0.157. The van der Waals surface area contributed by atoms with E-state index in [1.165, 1.54) is 50.6 Å². The lowest BCUT2D eigenvalue weighted by atomic mass is 9.47. The lowest BCUT2D eigenvalue weighted by Crippen LogP contribution is -2.60. The molecule has 0 aromatic heterocycles. The Bertz CT molecular complexity index is 1450. The van der Waals surface area contributed by atoms with Crippen LogP contribution in [-0.2, 0) is 9.47 Å². The number of nitrogens with one attached hydrogen (secondary N) is 1. The molecule has 0 amide bonds. The normalized spacial score (nSPS) is 44.4. The van der Waals surface area contributed by atoms with Gasteiger partial charge in [-0.25, -0.2) is 4.79 Å². The van der Waals surface area contributed by atoms with Gasteiger partial charge in [0.2, 0.25) is 6.29 Å². The Labute approximate surface area is 304 Å². The first-order valence-corrected chi connectivity index (χ1v) is 20.0. The molecule has 51 heavy (non-hydrogen) atoms. The third-order valence-electron chi connectivity index (χ3n) is 15.2. The molecule has 15 atom stereocenters. The van der Waals surface area contributed by atoms with Crippen LogP contribution in [0.4, 0.5) is 0 Å². The van der Waals surface area contributed by atoms with E-state index in [1.807, 2.05) is 0 Å². The predicted molar refractivity (Wildman–Crippen MR) is 194 cm³/mol. The highest BCUT2D eigenvalue weighted by molar-refractivity contribution is 5.90. The van der Waals surface area contributed by atoms with Gasteiger partial charge in [-0.2, -0.15) is 0 Å². The van der Waals surface area contributed by atoms with Crippen molar-refractivity contribution >= 4 is 5.97 Å². The second-order valence-corrected chi connectivity index (χ2v) is 18.1. The van der Waals surface area contributed by atoms with Crippen LogP contribution in [0.15, 0.2) is 23.8 Å². The van der Waals surface area contributed by atoms with Gasteiger partial charge in [-0.05, 0) is 148 Å². The van der Waals surface area contributed by atoms with Crippen molar-refractivity contribution in [2.75, 3.05) is 13.2 Å². The van der Waals surface area contributed by atoms with Crippen LogP contribution in [0.5, 0.6) is 5.75 Å². The number of fused-ring (bicyclic) bond motifs is 5. The number of aliphatic hydroxyl groups is 4. The zero-order valence-electron chi connectivity index (χ0n) is 31.6. The van der Waals surface area contributed by atoms with Gasteiger partial charge < -0.3 is 40.0 Å². The molecule has 0 radical (unpaired) electrons. The first-order valence-electron chi connectivity index (χ1n) is 20.0. The molecular weight excluding hydrogens is 646 g/mol. The molecule has 1 aromatic rings. The highest BCUT2D eigenvalue weighted by atomic mass is 16.7. The molecule has 5 fully saturated rings. The van der Waals surface area contributed by atoms with Crippen molar-refractivity contribution in [3.63, 3.8) is 0 Å². The molecule has 0 unspecified atom stereocenters. The summed E-state index contributed by atoms with van der Waals surface area (Å²) in [5.74, 6) is 4.65. The molecule has 6 aliphatic rings. The van der Waals surface area contributed by atoms with Gasteiger partial charge >= 0.3 is 5.97 Å². The van der Waals surface area contributed by atoms with E-state index in [9.17, 15) is 25.2 Å². The molecule has 2 aliphatic heterocycles. The van der Waals surface area contributed by atoms with Crippen molar-refractivity contribution in [3.05, 3.63) is 40.5 Å². The van der Waals surface area contributed by atoms with Crippen LogP contribution in [0.3, 0.4) is 0 Å². The number of rotatable bonds is 7. The third kappa shape index (κ3) is 6.60. The van der Waals surface area contributed by atoms with Crippen molar-refractivity contribution in [1.82, 2.24) is 5.32 Å². The molecule has 2 saturated heterocycles. The van der Waals surface area contributed by atoms with E-state index in [4.69, 9.17) is 14.2 Å². The van der Waals surface area contributed by atoms with Crippen LogP contribution >= 0.6 is 0 Å². The molecule has 4 aliphatic carbocycles. The Morgan fingerprint density at radius 1 is 0.980 bits per heavy atom. The Kier molecular flexibility index (Phi) is 10.5. The van der Waals surface area contributed by atoms with Gasteiger partial charge in [-0.1, -0.05) is 39.3 Å². The zero-order chi connectivity index (χ0) is 36.4. The highest BCUT2D eigenvalue weighted by Gasteiger charge is 2.60. The van der Waals surface area contributed by atoms with Gasteiger partial charge in [0.15, 0.2) is 0 Å². The van der Waals surface area contributed by atoms with Crippen molar-refractivity contribution in [1.29, 1.82) is 0 Å². The lowest BCUT2D eigenvalue weighted by Gasteiger charge is -2.58. The van der Waals surface area contributed by atoms with E-state index < -0.39 is 37.3 Å². The number of carbonyl (C=O) groups excluding carboxylic acids is 1. The molecule has 1 aromatic carbocycles. The first-order chi connectivity index (χ1) is 24.2. The lowest BCUT2D eigenvalue weighted by molar-refractivity contribution is -0.277. The molecule has 9 nitrogen and oxygen atoms in total. The number of ether oxygens (including phenoxy) is 3. The number of allylic oxidation sites excluding steroid dienone is 1. The Hall–Kier alpha value is -2.01. The van der Waals surface area contributed by atoms with Gasteiger partial charge in [0.1, 0.15) is 36.3 Å². The summed E-state index contributed by atoms with van der Waals surface area (Å²) in [5.41, 5.74) is 3.84. The maximum Gasteiger partial charge on any atom is 0.338 e. The molecule has 3 saturated carbocycles. The number of hydrogen-bond acceptors (Lipinski definition) is 9. The number of benzene rings is 1. The SMILES string of the molecule is Cc1cc(C(=O)O[C@H]2CC[C@@]3(C)C(=CC[C@H]4[C@@H]5CC[C@H]([C@H](C)[C@H]6CC[C@H](C)CN6)[C@@]5(C)CC[C@@H]43)C2)cc(C)c1O[C@@H]1O[C@H](CO)[C@@H](O)[C@H](O)[C@H]1O. The summed E-state index contributed by atoms with van der Waals surface area (Å²) in [4.78, 5) is 13.5. The van der Waals surface area contributed by atoms with Crippen molar-refractivity contribution < 1.29 is 39.4 Å². The molecule has 0 bridgehead atoms. The van der Waals surface area contributed by atoms with Crippen LogP contribution in [-0.4, -0.2) is 82.4 Å². The summed E-state index contributed by atoms with van der Waals surface area (Å²) in [6.45, 7) is 14.3. The Morgan fingerprint density at radius 3 is 2.41 bits per heavy atom. The summed E-state index contributed by atoms with van der Waals surface area (Å²) in [7, 11) is 0. The largest absolute Gasteiger partial charge is 0.461 e. The number of piperidine rings is 1. The van der Waals surface area contributed by atoms with E-state index >= 15 is 0 Å². The summed E-state index contributed by atoms with van der Waals surface area (Å²) >= 11 is 0. The fourth-order valence-corrected chi connectivity index (χ4v) is 12.1. The van der Waals surface area contributed by atoms with Gasteiger partial charge in [0.25, 0.3) is 0 Å². The van der Waals surface area contributed by atoms with E-state index in [-0.39, 0.29) is 17.5 Å². The second-order valence-electron chi connectivity index (χ2n) is 18.1. The average Bonchev–Trinajstić information content (AvgIpc) is 3.47. The van der Waals surface area contributed by atoms with Gasteiger partial charge in [0, 0.05) is 12.5 Å². The Balaban J connectivity index is 0.989. The monoisotopic (exact) mass is 709 g/mol. The molecule has 7 rings (SSSR count). The quantitative estimate of drug-likeness (QED) is 0.181. The maximum atomic E-state index is 13.5. The zero-order valence-corrected chi connectivity index (χ0v) is 31.6. The Morgan fingerprint density at radius 2 is 1.73 bits per heavy atom. The van der Waals surface area contributed by atoms with Crippen LogP contribution in [0, 0.1) is 60.2 Å². The van der Waals surface area contributed by atoms with E-state index in [2.05, 4.69) is 39.1 Å². The predicted octanol–water partition coefficient (Wildman–Crippen LogP) is 5.61. The van der Waals surface area contributed by atoms with Crippen molar-refractivity contribution in [2.45, 2.75) is 149 Å². The number of aliphatic hydroxyl groups excluding tert-OH is 4. The minimum Gasteiger partial charge on any atom is -0.461 e. The highest BCUT2D eigenvalue weighted by Crippen LogP contribution is 2.67. The molecule has 9 heteroatoms. The fraction of sp³-hybridized carbons (Fsp3) is 0.786. The van der Waals surface area contributed by atoms with Crippen molar-refractivity contribution in [2.24, 2.45) is 46.3 Å². The maximum absolute atomic E-state index is 13.5. The molecule has 284 valence electrons. The summed E-state index contributed by atoms with van der Waals surface area (Å²) in [6, 6.07) is 4.10. The van der Waals surface area contributed by atoms with Gasteiger partial charge in [-0.15, -0.1) is 0 Å². The average molecular weight is 710 g/mol. The second kappa shape index (κ2) is 14.3. The van der Waals surface area contributed by atoms with E-state index in [0.717, 1.165) is 55.3 Å². The van der Waals surface area contributed by atoms with Crippen LogP contribution in [0.1, 0.15) is 113 Å². The van der Waals surface area contributed by atoms with Crippen LogP contribution in [0.2, 0.25) is 0 Å². The number of carbonyl (C=O) groups is 1. The topological polar surface area (TPSA) is 138 Å². The number of hydrogen-bond donors (Lipinski definition) is 5. The number of aryl methyl sites for hydroxylation is 2. The van der Waals surface area contributed by atoms with Gasteiger partial charge in [0.05, 0.1) is 12.2 Å². The van der Waals surface area contributed by atoms with E-state index in [1.54, 1.807) is 26.0 Å². The van der Waals surface area contributed by atoms with E-state index in [0.29, 0.717) is 39.8 Å². The smallest absolute Gasteiger partial charge is 0.338 e. The van der Waals surface area contributed by atoms with Crippen molar-refractivity contribution in [3.8, 4) is 5.75 Å². The molecular formula is C42H63NO8. The fourth-order valence-electron chi connectivity index (χ4n) is 12.1. The summed E-state index contributed by atoms with van der Waals surface area (Å²) in [5, 5.41) is 44.2.